The van der Waals surface area contributed by atoms with Gasteiger partial charge < -0.3 is 10.0 Å². The first-order chi connectivity index (χ1) is 16.2. The molecule has 0 radical (unpaired) electrons. The number of aryl methyl sites for hydroxylation is 1. The third-order valence-electron chi connectivity index (χ3n) is 4.93. The second kappa shape index (κ2) is 13.0. The molecule has 3 nitrogen and oxygen atoms in total. The van der Waals surface area contributed by atoms with Crippen molar-refractivity contribution in [1.29, 1.82) is 0 Å². The van der Waals surface area contributed by atoms with Crippen LogP contribution in [0.15, 0.2) is 88.6 Å². The molecule has 0 spiro atoms. The van der Waals surface area contributed by atoms with Crippen LogP contribution in [0, 0.1) is 12.7 Å². The Morgan fingerprint density at radius 1 is 1.26 bits per heavy atom. The van der Waals surface area contributed by atoms with Crippen LogP contribution in [0.5, 0.6) is 0 Å². The van der Waals surface area contributed by atoms with Gasteiger partial charge in [-0.3, -0.25) is 4.79 Å². The standard InChI is InChI=1S/C26H28F4N2OS/c1-5-7-8-19(24(29)17(4)32-34-6-2)12-18-13-20(15-33)26(25(30)22(28)14-18)31-23-10-9-16(3)11-21(23)27/h5,8-11,13,15,31-32H,1,6-7,12,14H2,2-4H3/b19-8-,24-17-. The summed E-state index contributed by atoms with van der Waals surface area (Å²) in [5.41, 5.74) is 0.704. The molecule has 0 aromatic heterocycles. The van der Waals surface area contributed by atoms with Crippen LogP contribution in [-0.4, -0.2) is 12.0 Å². The molecule has 0 saturated carbocycles. The normalized spacial score (nSPS) is 15.5. The molecule has 1 aliphatic carbocycles. The van der Waals surface area contributed by atoms with E-state index >= 15 is 4.39 Å². The van der Waals surface area contributed by atoms with Crippen LogP contribution in [0.1, 0.15) is 38.7 Å². The van der Waals surface area contributed by atoms with Crippen molar-refractivity contribution in [2.24, 2.45) is 0 Å². The molecule has 0 heterocycles. The average Bonchev–Trinajstić information content (AvgIpc) is 2.92. The number of carbonyl (C=O) groups is 1. The number of allylic oxidation sites excluding steroid dienone is 10. The molecule has 1 aromatic carbocycles. The molecular formula is C26H28F4N2OS. The van der Waals surface area contributed by atoms with E-state index in [1.165, 1.54) is 30.2 Å². The van der Waals surface area contributed by atoms with Gasteiger partial charge in [0.2, 0.25) is 0 Å². The summed E-state index contributed by atoms with van der Waals surface area (Å²) in [6.45, 7) is 8.81. The van der Waals surface area contributed by atoms with Gasteiger partial charge >= 0.3 is 0 Å². The van der Waals surface area contributed by atoms with Crippen LogP contribution in [0.4, 0.5) is 23.2 Å². The quantitative estimate of drug-likeness (QED) is 0.109. The van der Waals surface area contributed by atoms with Crippen LogP contribution < -0.4 is 10.0 Å². The maximum Gasteiger partial charge on any atom is 0.179 e. The molecule has 0 amide bonds. The molecule has 0 fully saturated rings. The van der Waals surface area contributed by atoms with Gasteiger partial charge in [0, 0.05) is 17.7 Å². The lowest BCUT2D eigenvalue weighted by molar-refractivity contribution is -0.104. The highest BCUT2D eigenvalue weighted by atomic mass is 32.2. The molecule has 182 valence electrons. The molecule has 0 bridgehead atoms. The van der Waals surface area contributed by atoms with Crippen molar-refractivity contribution >= 4 is 23.9 Å². The number of carbonyl (C=O) groups excluding carboxylic acids is 1. The third kappa shape index (κ3) is 7.25. The van der Waals surface area contributed by atoms with Crippen molar-refractivity contribution in [1.82, 2.24) is 4.72 Å². The smallest absolute Gasteiger partial charge is 0.179 e. The number of hydrogen-bond acceptors (Lipinski definition) is 4. The SMILES string of the molecule is C=CC/C=C(CC1=CC(C=O)=C(Nc2ccc(C)cc2F)C(F)=C(F)C1)\C(F)=C(/C)NSCC. The third-order valence-corrected chi connectivity index (χ3v) is 5.67. The number of halogens is 4. The zero-order valence-electron chi connectivity index (χ0n) is 19.4. The molecule has 0 saturated heterocycles. The predicted octanol–water partition coefficient (Wildman–Crippen LogP) is 7.83. The Kier molecular flexibility index (Phi) is 10.4. The second-order valence-electron chi connectivity index (χ2n) is 7.66. The van der Waals surface area contributed by atoms with Gasteiger partial charge in [-0.1, -0.05) is 42.7 Å². The summed E-state index contributed by atoms with van der Waals surface area (Å²) in [4.78, 5) is 11.8. The Hall–Kier alpha value is -3.00. The minimum atomic E-state index is -1.29. The van der Waals surface area contributed by atoms with Gasteiger partial charge in [0.25, 0.3) is 0 Å². The van der Waals surface area contributed by atoms with E-state index in [2.05, 4.69) is 16.6 Å². The Bertz CT molecular complexity index is 1100. The molecule has 1 aliphatic rings. The maximum absolute atomic E-state index is 15.1. The minimum Gasteiger partial charge on any atom is -0.350 e. The largest absolute Gasteiger partial charge is 0.350 e. The first kappa shape index (κ1) is 27.2. The van der Waals surface area contributed by atoms with Gasteiger partial charge in [0.1, 0.15) is 17.5 Å². The lowest BCUT2D eigenvalue weighted by Crippen LogP contribution is -2.07. The molecule has 0 unspecified atom stereocenters. The summed E-state index contributed by atoms with van der Waals surface area (Å²) >= 11 is 1.32. The Balaban J connectivity index is 2.49. The minimum absolute atomic E-state index is 0.0559. The molecule has 2 N–H and O–H groups in total. The van der Waals surface area contributed by atoms with Crippen molar-refractivity contribution in [3.63, 3.8) is 0 Å². The Morgan fingerprint density at radius 3 is 2.62 bits per heavy atom. The predicted molar refractivity (Wildman–Crippen MR) is 132 cm³/mol. The van der Waals surface area contributed by atoms with Crippen LogP contribution in [0.2, 0.25) is 0 Å². The molecule has 2 rings (SSSR count). The molecule has 8 heteroatoms. The highest BCUT2D eigenvalue weighted by Crippen LogP contribution is 2.35. The van der Waals surface area contributed by atoms with E-state index in [4.69, 9.17) is 0 Å². The van der Waals surface area contributed by atoms with Crippen LogP contribution in [0.25, 0.3) is 0 Å². The first-order valence-electron chi connectivity index (χ1n) is 10.7. The van der Waals surface area contributed by atoms with E-state index in [0.29, 0.717) is 24.0 Å². The number of benzene rings is 1. The number of aldehydes is 1. The van der Waals surface area contributed by atoms with Gasteiger partial charge in [-0.25, -0.2) is 17.6 Å². The van der Waals surface area contributed by atoms with E-state index in [1.807, 2.05) is 6.92 Å². The van der Waals surface area contributed by atoms with Gasteiger partial charge in [-0.05, 0) is 56.0 Å². The lowest BCUT2D eigenvalue weighted by atomic mass is 9.98. The van der Waals surface area contributed by atoms with Gasteiger partial charge in [-0.15, -0.1) is 6.58 Å². The lowest BCUT2D eigenvalue weighted by Gasteiger charge is -2.12. The van der Waals surface area contributed by atoms with Crippen LogP contribution >= 0.6 is 11.9 Å². The highest BCUT2D eigenvalue weighted by Gasteiger charge is 2.23. The summed E-state index contributed by atoms with van der Waals surface area (Å²) in [5.74, 6) is -2.90. The van der Waals surface area contributed by atoms with Crippen LogP contribution in [0.3, 0.4) is 0 Å². The van der Waals surface area contributed by atoms with E-state index in [-0.39, 0.29) is 28.8 Å². The number of hydrogen-bond donors (Lipinski definition) is 2. The Morgan fingerprint density at radius 2 is 2.00 bits per heavy atom. The maximum atomic E-state index is 15.1. The highest BCUT2D eigenvalue weighted by molar-refractivity contribution is 7.97. The van der Waals surface area contributed by atoms with E-state index in [9.17, 15) is 18.0 Å². The summed E-state index contributed by atoms with van der Waals surface area (Å²) < 4.78 is 62.0. The molecule has 1 aromatic rings. The summed E-state index contributed by atoms with van der Waals surface area (Å²) in [6.07, 6.45) is 4.72. The molecule has 0 atom stereocenters. The monoisotopic (exact) mass is 492 g/mol. The second-order valence-corrected chi connectivity index (χ2v) is 8.73. The van der Waals surface area contributed by atoms with Gasteiger partial charge in [-0.2, -0.15) is 0 Å². The van der Waals surface area contributed by atoms with Gasteiger partial charge in [0.15, 0.2) is 12.1 Å². The van der Waals surface area contributed by atoms with Crippen LogP contribution in [-0.2, 0) is 4.79 Å². The van der Waals surface area contributed by atoms with Gasteiger partial charge in [0.05, 0.1) is 17.1 Å². The fraction of sp³-hybridized carbons (Fsp3) is 0.269. The summed E-state index contributed by atoms with van der Waals surface area (Å²) in [6, 6.07) is 4.21. The van der Waals surface area contributed by atoms with E-state index in [1.54, 1.807) is 32.1 Å². The van der Waals surface area contributed by atoms with Crippen molar-refractivity contribution in [3.8, 4) is 0 Å². The fourth-order valence-electron chi connectivity index (χ4n) is 3.25. The van der Waals surface area contributed by atoms with Crippen molar-refractivity contribution < 1.29 is 22.4 Å². The number of anilines is 1. The average molecular weight is 493 g/mol. The van der Waals surface area contributed by atoms with Crippen molar-refractivity contribution in [2.75, 3.05) is 11.1 Å². The van der Waals surface area contributed by atoms with E-state index < -0.39 is 35.4 Å². The molecule has 0 aliphatic heterocycles. The zero-order valence-corrected chi connectivity index (χ0v) is 20.2. The first-order valence-corrected chi connectivity index (χ1v) is 11.7. The number of rotatable bonds is 11. The zero-order chi connectivity index (χ0) is 25.3. The summed E-state index contributed by atoms with van der Waals surface area (Å²) in [7, 11) is 0. The summed E-state index contributed by atoms with van der Waals surface area (Å²) in [5, 5.41) is 2.50. The Labute approximate surface area is 202 Å². The molecule has 34 heavy (non-hydrogen) atoms. The van der Waals surface area contributed by atoms with E-state index in [0.717, 1.165) is 5.75 Å². The van der Waals surface area contributed by atoms with Crippen molar-refractivity contribution in [2.45, 2.75) is 40.0 Å². The topological polar surface area (TPSA) is 41.1 Å². The number of nitrogens with one attached hydrogen (secondary N) is 2. The van der Waals surface area contributed by atoms with Crippen molar-refractivity contribution in [3.05, 3.63) is 100.0 Å². The fourth-order valence-corrected chi connectivity index (χ4v) is 3.70. The molecular weight excluding hydrogens is 464 g/mol.